The van der Waals surface area contributed by atoms with Gasteiger partial charge in [-0.2, -0.15) is 0 Å². The monoisotopic (exact) mass is 296 g/mol. The number of rotatable bonds is 3. The van der Waals surface area contributed by atoms with E-state index in [1.54, 1.807) is 31.0 Å². The Morgan fingerprint density at radius 1 is 1.45 bits per heavy atom. The molecule has 1 saturated heterocycles. The van der Waals surface area contributed by atoms with Gasteiger partial charge in [-0.15, -0.1) is 0 Å². The van der Waals surface area contributed by atoms with Gasteiger partial charge in [-0.1, -0.05) is 11.6 Å². The van der Waals surface area contributed by atoms with Crippen LogP contribution < -0.4 is 5.32 Å². The van der Waals surface area contributed by atoms with Gasteiger partial charge in [0.05, 0.1) is 17.6 Å². The quantitative estimate of drug-likeness (QED) is 0.897. The summed E-state index contributed by atoms with van der Waals surface area (Å²) in [5.41, 5.74) is 0. The van der Waals surface area contributed by atoms with E-state index in [1.165, 1.54) is 6.20 Å². The highest BCUT2D eigenvalue weighted by Crippen LogP contribution is 2.12. The molecule has 2 amide bonds. The number of hydrogen-bond acceptors (Lipinski definition) is 4. The number of nitrogens with one attached hydrogen (secondary N) is 1. The second kappa shape index (κ2) is 6.19. The van der Waals surface area contributed by atoms with Crippen LogP contribution in [0.15, 0.2) is 18.3 Å². The number of anilines is 1. The smallest absolute Gasteiger partial charge is 0.242 e. The zero-order valence-electron chi connectivity index (χ0n) is 11.5. The van der Waals surface area contributed by atoms with E-state index in [0.29, 0.717) is 23.9 Å². The lowest BCUT2D eigenvalue weighted by molar-refractivity contribution is -0.136. The van der Waals surface area contributed by atoms with E-state index >= 15 is 0 Å². The summed E-state index contributed by atoms with van der Waals surface area (Å²) in [6, 6.07) is 2.92. The molecule has 1 atom stereocenters. The van der Waals surface area contributed by atoms with Crippen LogP contribution in [0.4, 0.5) is 5.82 Å². The molecule has 0 saturated carbocycles. The second-order valence-electron chi connectivity index (χ2n) is 4.81. The average molecular weight is 297 g/mol. The van der Waals surface area contributed by atoms with E-state index in [1.807, 2.05) is 4.90 Å². The molecule has 1 unspecified atom stereocenters. The van der Waals surface area contributed by atoms with Gasteiger partial charge in [0.2, 0.25) is 11.8 Å². The maximum Gasteiger partial charge on any atom is 0.242 e. The molecule has 1 aromatic heterocycles. The highest BCUT2D eigenvalue weighted by Gasteiger charge is 2.28. The number of piperazine rings is 1. The van der Waals surface area contributed by atoms with Crippen molar-refractivity contribution in [2.75, 3.05) is 32.0 Å². The molecule has 0 bridgehead atoms. The number of pyridine rings is 1. The van der Waals surface area contributed by atoms with Crippen LogP contribution in [0.5, 0.6) is 0 Å². The van der Waals surface area contributed by atoms with E-state index < -0.39 is 0 Å². The summed E-state index contributed by atoms with van der Waals surface area (Å²) < 4.78 is 0. The lowest BCUT2D eigenvalue weighted by atomic mass is 10.2. The summed E-state index contributed by atoms with van der Waals surface area (Å²) in [6.07, 6.45) is 1.47. The van der Waals surface area contributed by atoms with Crippen molar-refractivity contribution in [1.29, 1.82) is 0 Å². The number of amides is 2. The maximum atomic E-state index is 12.1. The minimum absolute atomic E-state index is 0.0283. The normalized spacial score (nSPS) is 17.9. The Bertz CT molecular complexity index is 506. The molecular weight excluding hydrogens is 280 g/mol. The van der Waals surface area contributed by atoms with Crippen molar-refractivity contribution in [2.24, 2.45) is 0 Å². The highest BCUT2D eigenvalue weighted by atomic mass is 35.5. The molecule has 0 radical (unpaired) electrons. The summed E-state index contributed by atoms with van der Waals surface area (Å²) >= 11 is 5.74. The van der Waals surface area contributed by atoms with Crippen molar-refractivity contribution in [3.8, 4) is 0 Å². The molecule has 2 rings (SSSR count). The Hall–Kier alpha value is -1.66. The molecule has 1 fully saturated rings. The fraction of sp³-hybridized carbons (Fsp3) is 0.462. The van der Waals surface area contributed by atoms with Crippen LogP contribution in [0, 0.1) is 0 Å². The van der Waals surface area contributed by atoms with Crippen molar-refractivity contribution in [3.63, 3.8) is 0 Å². The molecule has 1 aliphatic heterocycles. The average Bonchev–Trinajstić information content (AvgIpc) is 2.43. The molecule has 2 heterocycles. The zero-order chi connectivity index (χ0) is 14.7. The third kappa shape index (κ3) is 3.46. The summed E-state index contributed by atoms with van der Waals surface area (Å²) in [7, 11) is 1.77. The molecule has 0 spiro atoms. The van der Waals surface area contributed by atoms with E-state index in [4.69, 9.17) is 11.6 Å². The molecule has 20 heavy (non-hydrogen) atoms. The molecule has 1 aliphatic rings. The van der Waals surface area contributed by atoms with Gasteiger partial charge in [0.1, 0.15) is 5.82 Å². The molecule has 7 heteroatoms. The molecular formula is C13H17ClN4O2. The summed E-state index contributed by atoms with van der Waals surface area (Å²) in [6.45, 7) is 3.36. The second-order valence-corrected chi connectivity index (χ2v) is 5.25. The third-order valence-corrected chi connectivity index (χ3v) is 3.62. The first-order valence-corrected chi connectivity index (χ1v) is 6.75. The Morgan fingerprint density at radius 2 is 2.20 bits per heavy atom. The van der Waals surface area contributed by atoms with Crippen LogP contribution in [-0.4, -0.2) is 59.3 Å². The molecule has 0 aliphatic carbocycles. The largest absolute Gasteiger partial charge is 0.343 e. The molecule has 1 N–H and O–H groups in total. The van der Waals surface area contributed by atoms with Gasteiger partial charge in [-0.3, -0.25) is 14.5 Å². The van der Waals surface area contributed by atoms with Crippen LogP contribution in [0.25, 0.3) is 0 Å². The lowest BCUT2D eigenvalue weighted by Gasteiger charge is -2.35. The van der Waals surface area contributed by atoms with Crippen molar-refractivity contribution in [3.05, 3.63) is 23.4 Å². The Kier molecular flexibility index (Phi) is 4.57. The summed E-state index contributed by atoms with van der Waals surface area (Å²) in [5, 5.41) is 3.23. The Morgan fingerprint density at radius 3 is 2.80 bits per heavy atom. The fourth-order valence-corrected chi connectivity index (χ4v) is 2.07. The van der Waals surface area contributed by atoms with E-state index in [0.717, 1.165) is 0 Å². The maximum absolute atomic E-state index is 12.1. The number of aromatic nitrogens is 1. The van der Waals surface area contributed by atoms with Gasteiger partial charge in [-0.05, 0) is 19.1 Å². The standard InChI is InChI=1S/C13H17ClN4O2/c1-9(18-6-5-17(2)12(19)8-18)13(20)16-11-4-3-10(14)7-15-11/h3-4,7,9H,5-6,8H2,1-2H3,(H,15,16,20). The van der Waals surface area contributed by atoms with Crippen molar-refractivity contribution >= 4 is 29.2 Å². The SMILES string of the molecule is CC(C(=O)Nc1ccc(Cl)cn1)N1CCN(C)C(=O)C1. The number of carbonyl (C=O) groups excluding carboxylic acids is 2. The van der Waals surface area contributed by atoms with Gasteiger partial charge in [-0.25, -0.2) is 4.98 Å². The summed E-state index contributed by atoms with van der Waals surface area (Å²) in [4.78, 5) is 31.3. The minimum atomic E-state index is -0.384. The Balaban J connectivity index is 1.95. The summed E-state index contributed by atoms with van der Waals surface area (Å²) in [5.74, 6) is 0.296. The zero-order valence-corrected chi connectivity index (χ0v) is 12.2. The molecule has 108 valence electrons. The lowest BCUT2D eigenvalue weighted by Crippen LogP contribution is -2.54. The number of hydrogen-bond donors (Lipinski definition) is 1. The first kappa shape index (κ1) is 14.7. The topological polar surface area (TPSA) is 65.5 Å². The molecule has 6 nitrogen and oxygen atoms in total. The van der Waals surface area contributed by atoms with Gasteiger partial charge in [0.15, 0.2) is 0 Å². The van der Waals surface area contributed by atoms with Crippen LogP contribution in [0.1, 0.15) is 6.92 Å². The fourth-order valence-electron chi connectivity index (χ4n) is 1.95. The van der Waals surface area contributed by atoms with Gasteiger partial charge in [0.25, 0.3) is 0 Å². The first-order valence-electron chi connectivity index (χ1n) is 6.38. The minimum Gasteiger partial charge on any atom is -0.343 e. The van der Waals surface area contributed by atoms with Gasteiger partial charge in [0, 0.05) is 26.3 Å². The van der Waals surface area contributed by atoms with E-state index in [2.05, 4.69) is 10.3 Å². The number of carbonyl (C=O) groups is 2. The number of likely N-dealkylation sites (N-methyl/N-ethyl adjacent to an activating group) is 1. The van der Waals surface area contributed by atoms with Crippen LogP contribution >= 0.6 is 11.6 Å². The van der Waals surface area contributed by atoms with Crippen LogP contribution in [0.3, 0.4) is 0 Å². The number of halogens is 1. The van der Waals surface area contributed by atoms with Crippen molar-refractivity contribution in [2.45, 2.75) is 13.0 Å². The van der Waals surface area contributed by atoms with Crippen molar-refractivity contribution in [1.82, 2.24) is 14.8 Å². The van der Waals surface area contributed by atoms with Gasteiger partial charge >= 0.3 is 0 Å². The molecule has 0 aromatic carbocycles. The number of nitrogens with zero attached hydrogens (tertiary/aromatic N) is 3. The third-order valence-electron chi connectivity index (χ3n) is 3.39. The predicted molar refractivity (Wildman–Crippen MR) is 76.5 cm³/mol. The highest BCUT2D eigenvalue weighted by molar-refractivity contribution is 6.30. The molecule has 1 aromatic rings. The van der Waals surface area contributed by atoms with Gasteiger partial charge < -0.3 is 10.2 Å². The van der Waals surface area contributed by atoms with E-state index in [9.17, 15) is 9.59 Å². The van der Waals surface area contributed by atoms with Crippen LogP contribution in [-0.2, 0) is 9.59 Å². The van der Waals surface area contributed by atoms with Crippen molar-refractivity contribution < 1.29 is 9.59 Å². The predicted octanol–water partition coefficient (Wildman–Crippen LogP) is 0.836. The van der Waals surface area contributed by atoms with E-state index in [-0.39, 0.29) is 24.4 Å². The van der Waals surface area contributed by atoms with Crippen LogP contribution in [0.2, 0.25) is 5.02 Å². The Labute approximate surface area is 122 Å². The first-order chi connectivity index (χ1) is 9.47.